The molecule has 0 atom stereocenters. The second-order valence-corrected chi connectivity index (χ2v) is 4.95. The molecule has 0 aliphatic rings. The Bertz CT molecular complexity index is 715. The molecule has 22 heavy (non-hydrogen) atoms. The van der Waals surface area contributed by atoms with Gasteiger partial charge in [0.2, 0.25) is 0 Å². The lowest BCUT2D eigenvalue weighted by molar-refractivity contribution is 0.858. The number of hydrogen-bond acceptors (Lipinski definition) is 6. The first kappa shape index (κ1) is 14.2. The molecule has 0 amide bonds. The maximum absolute atomic E-state index is 5.83. The standard InChI is InChI=1S/C15H13ClN6/c16-12-6-8-13(9-7-12)18-15-21-19-14(20-22-15)17-10-11-4-2-1-3-5-11/h1-9H,10H2,(H,17,19,20)(H,18,21,22). The highest BCUT2D eigenvalue weighted by Crippen LogP contribution is 2.15. The van der Waals surface area contributed by atoms with Gasteiger partial charge in [0, 0.05) is 17.3 Å². The van der Waals surface area contributed by atoms with Crippen LogP contribution in [0, 0.1) is 0 Å². The Morgan fingerprint density at radius 1 is 0.773 bits per heavy atom. The maximum atomic E-state index is 5.83. The quantitative estimate of drug-likeness (QED) is 0.753. The summed E-state index contributed by atoms with van der Waals surface area (Å²) in [6, 6.07) is 17.2. The third kappa shape index (κ3) is 3.89. The van der Waals surface area contributed by atoms with Crippen molar-refractivity contribution in [3.05, 3.63) is 65.2 Å². The molecule has 110 valence electrons. The van der Waals surface area contributed by atoms with E-state index in [0.717, 1.165) is 11.3 Å². The first-order chi connectivity index (χ1) is 10.8. The molecule has 0 bridgehead atoms. The van der Waals surface area contributed by atoms with Crippen LogP contribution < -0.4 is 10.6 Å². The monoisotopic (exact) mass is 312 g/mol. The summed E-state index contributed by atoms with van der Waals surface area (Å²) < 4.78 is 0. The molecule has 0 saturated carbocycles. The number of hydrogen-bond donors (Lipinski definition) is 2. The van der Waals surface area contributed by atoms with E-state index in [-0.39, 0.29) is 0 Å². The van der Waals surface area contributed by atoms with Gasteiger partial charge in [-0.1, -0.05) is 41.9 Å². The van der Waals surface area contributed by atoms with Crippen LogP contribution in [0.2, 0.25) is 5.02 Å². The van der Waals surface area contributed by atoms with Crippen LogP contribution in [0.25, 0.3) is 0 Å². The topological polar surface area (TPSA) is 75.6 Å². The smallest absolute Gasteiger partial charge is 0.266 e. The minimum atomic E-state index is 0.326. The van der Waals surface area contributed by atoms with Gasteiger partial charge in [0.1, 0.15) is 0 Å². The Hall–Kier alpha value is -2.73. The molecule has 7 heteroatoms. The highest BCUT2D eigenvalue weighted by molar-refractivity contribution is 6.30. The predicted molar refractivity (Wildman–Crippen MR) is 86.1 cm³/mol. The van der Waals surface area contributed by atoms with Crippen molar-refractivity contribution in [2.24, 2.45) is 0 Å². The molecular formula is C15H13ClN6. The van der Waals surface area contributed by atoms with Crippen molar-refractivity contribution >= 4 is 29.2 Å². The van der Waals surface area contributed by atoms with Gasteiger partial charge in [0.25, 0.3) is 11.9 Å². The van der Waals surface area contributed by atoms with Gasteiger partial charge in [-0.3, -0.25) is 0 Å². The summed E-state index contributed by atoms with van der Waals surface area (Å²) >= 11 is 5.83. The molecule has 3 rings (SSSR count). The van der Waals surface area contributed by atoms with E-state index in [1.165, 1.54) is 0 Å². The Morgan fingerprint density at radius 2 is 1.41 bits per heavy atom. The minimum absolute atomic E-state index is 0.326. The lowest BCUT2D eigenvalue weighted by Crippen LogP contribution is -2.08. The summed E-state index contributed by atoms with van der Waals surface area (Å²) in [6.45, 7) is 0.619. The van der Waals surface area contributed by atoms with E-state index >= 15 is 0 Å². The van der Waals surface area contributed by atoms with Crippen molar-refractivity contribution in [1.82, 2.24) is 20.4 Å². The van der Waals surface area contributed by atoms with Crippen LogP contribution in [-0.4, -0.2) is 20.4 Å². The maximum Gasteiger partial charge on any atom is 0.266 e. The average molecular weight is 313 g/mol. The van der Waals surface area contributed by atoms with Crippen molar-refractivity contribution in [2.75, 3.05) is 10.6 Å². The van der Waals surface area contributed by atoms with E-state index in [1.54, 1.807) is 12.1 Å². The summed E-state index contributed by atoms with van der Waals surface area (Å²) in [7, 11) is 0. The molecule has 0 spiro atoms. The molecule has 2 N–H and O–H groups in total. The van der Waals surface area contributed by atoms with Gasteiger partial charge in [-0.2, -0.15) is 0 Å². The molecular weight excluding hydrogens is 300 g/mol. The second-order valence-electron chi connectivity index (χ2n) is 4.52. The van der Waals surface area contributed by atoms with Gasteiger partial charge < -0.3 is 10.6 Å². The summed E-state index contributed by atoms with van der Waals surface area (Å²) in [4.78, 5) is 0. The molecule has 1 heterocycles. The Morgan fingerprint density at radius 3 is 2.09 bits per heavy atom. The summed E-state index contributed by atoms with van der Waals surface area (Å²) in [5.74, 6) is 0.707. The van der Waals surface area contributed by atoms with Gasteiger partial charge in [-0.25, -0.2) is 0 Å². The molecule has 0 aliphatic heterocycles. The number of rotatable bonds is 5. The third-order valence-corrected chi connectivity index (χ3v) is 3.12. The lowest BCUT2D eigenvalue weighted by Gasteiger charge is -2.05. The number of anilines is 3. The number of nitrogens with zero attached hydrogens (tertiary/aromatic N) is 4. The van der Waals surface area contributed by atoms with E-state index in [1.807, 2.05) is 42.5 Å². The van der Waals surface area contributed by atoms with Crippen molar-refractivity contribution in [1.29, 1.82) is 0 Å². The summed E-state index contributed by atoms with van der Waals surface area (Å²) in [5, 5.41) is 22.7. The van der Waals surface area contributed by atoms with Crippen LogP contribution in [0.3, 0.4) is 0 Å². The van der Waals surface area contributed by atoms with Gasteiger partial charge in [0.15, 0.2) is 0 Å². The minimum Gasteiger partial charge on any atom is -0.348 e. The lowest BCUT2D eigenvalue weighted by atomic mass is 10.2. The average Bonchev–Trinajstić information content (AvgIpc) is 2.57. The van der Waals surface area contributed by atoms with E-state index in [9.17, 15) is 0 Å². The highest BCUT2D eigenvalue weighted by atomic mass is 35.5. The van der Waals surface area contributed by atoms with Crippen LogP contribution in [0.4, 0.5) is 17.6 Å². The number of benzene rings is 2. The molecule has 6 nitrogen and oxygen atoms in total. The van der Waals surface area contributed by atoms with Crippen LogP contribution in [0.5, 0.6) is 0 Å². The van der Waals surface area contributed by atoms with Gasteiger partial charge in [0.05, 0.1) is 0 Å². The van der Waals surface area contributed by atoms with Gasteiger partial charge >= 0.3 is 0 Å². The van der Waals surface area contributed by atoms with E-state index < -0.39 is 0 Å². The van der Waals surface area contributed by atoms with Crippen molar-refractivity contribution < 1.29 is 0 Å². The molecule has 0 aliphatic carbocycles. The van der Waals surface area contributed by atoms with Crippen molar-refractivity contribution in [3.63, 3.8) is 0 Å². The van der Waals surface area contributed by atoms with Gasteiger partial charge in [-0.05, 0) is 29.8 Å². The SMILES string of the molecule is Clc1ccc(Nc2nnc(NCc3ccccc3)nn2)cc1. The van der Waals surface area contributed by atoms with Crippen molar-refractivity contribution in [3.8, 4) is 0 Å². The number of halogens is 1. The van der Waals surface area contributed by atoms with Crippen LogP contribution in [0.1, 0.15) is 5.56 Å². The van der Waals surface area contributed by atoms with E-state index in [0.29, 0.717) is 23.5 Å². The van der Waals surface area contributed by atoms with Crippen LogP contribution in [-0.2, 0) is 6.54 Å². The number of aromatic nitrogens is 4. The fourth-order valence-corrected chi connectivity index (χ4v) is 1.92. The molecule has 0 radical (unpaired) electrons. The molecule has 0 saturated heterocycles. The Labute approximate surface area is 132 Å². The van der Waals surface area contributed by atoms with E-state index in [4.69, 9.17) is 11.6 Å². The van der Waals surface area contributed by atoms with Crippen molar-refractivity contribution in [2.45, 2.75) is 6.54 Å². The predicted octanol–water partition coefficient (Wildman–Crippen LogP) is 3.28. The third-order valence-electron chi connectivity index (χ3n) is 2.87. The fraction of sp³-hybridized carbons (Fsp3) is 0.0667. The Balaban J connectivity index is 1.59. The molecule has 1 aromatic heterocycles. The zero-order valence-electron chi connectivity index (χ0n) is 11.6. The second kappa shape index (κ2) is 6.82. The zero-order chi connectivity index (χ0) is 15.2. The largest absolute Gasteiger partial charge is 0.348 e. The molecule has 0 fully saturated rings. The normalized spacial score (nSPS) is 10.2. The highest BCUT2D eigenvalue weighted by Gasteiger charge is 2.02. The first-order valence-corrected chi connectivity index (χ1v) is 7.05. The van der Waals surface area contributed by atoms with E-state index in [2.05, 4.69) is 31.0 Å². The van der Waals surface area contributed by atoms with Crippen LogP contribution >= 0.6 is 11.6 Å². The molecule has 0 unspecified atom stereocenters. The zero-order valence-corrected chi connectivity index (χ0v) is 12.3. The number of nitrogens with one attached hydrogen (secondary N) is 2. The Kier molecular flexibility index (Phi) is 4.41. The molecule has 3 aromatic rings. The fourth-order valence-electron chi connectivity index (χ4n) is 1.79. The van der Waals surface area contributed by atoms with Gasteiger partial charge in [-0.15, -0.1) is 20.4 Å². The summed E-state index contributed by atoms with van der Waals surface area (Å²) in [5.41, 5.74) is 1.95. The first-order valence-electron chi connectivity index (χ1n) is 6.67. The molecule has 2 aromatic carbocycles. The van der Waals surface area contributed by atoms with Crippen LogP contribution in [0.15, 0.2) is 54.6 Å². The summed E-state index contributed by atoms with van der Waals surface area (Å²) in [6.07, 6.45) is 0.